The lowest BCUT2D eigenvalue weighted by Crippen LogP contribution is -2.48. The minimum atomic E-state index is -0.444. The molecule has 0 unspecified atom stereocenters. The molecule has 1 fully saturated rings. The van der Waals surface area contributed by atoms with Crippen LogP contribution in [0.3, 0.4) is 0 Å². The Hall–Kier alpha value is -1.78. The van der Waals surface area contributed by atoms with E-state index in [1.54, 1.807) is 0 Å². The number of benzene rings is 2. The van der Waals surface area contributed by atoms with Crippen LogP contribution in [0.15, 0.2) is 54.6 Å². The Morgan fingerprint density at radius 1 is 1.08 bits per heavy atom. The molecule has 2 aromatic carbocycles. The molecule has 1 saturated heterocycles. The largest absolute Gasteiger partial charge is 0.381 e. The van der Waals surface area contributed by atoms with Crippen LogP contribution >= 0.6 is 11.8 Å². The molecular weight excluding hydrogens is 342 g/mol. The van der Waals surface area contributed by atoms with Gasteiger partial charge in [0.05, 0.1) is 5.41 Å². The number of thioether (sulfide) groups is 1. The number of carbonyl (C=O) groups excluding carboxylic acids is 1. The SMILES string of the molecule is Cc1ccccc1CSCCNC(=O)C1(c2ccccc2)CCOCC1. The van der Waals surface area contributed by atoms with Gasteiger partial charge in [-0.05, 0) is 36.5 Å². The molecule has 4 heteroatoms. The third kappa shape index (κ3) is 4.49. The molecule has 0 radical (unpaired) electrons. The summed E-state index contributed by atoms with van der Waals surface area (Å²) >= 11 is 1.86. The average Bonchev–Trinajstić information content (AvgIpc) is 2.70. The van der Waals surface area contributed by atoms with E-state index in [1.165, 1.54) is 11.1 Å². The molecule has 1 aliphatic heterocycles. The third-order valence-electron chi connectivity index (χ3n) is 5.16. The number of hydrogen-bond acceptors (Lipinski definition) is 3. The highest BCUT2D eigenvalue weighted by molar-refractivity contribution is 7.98. The molecule has 26 heavy (non-hydrogen) atoms. The van der Waals surface area contributed by atoms with Crippen molar-refractivity contribution >= 4 is 17.7 Å². The maximum absolute atomic E-state index is 13.0. The van der Waals surface area contributed by atoms with Crippen LogP contribution in [0.5, 0.6) is 0 Å². The molecule has 138 valence electrons. The number of amides is 1. The summed E-state index contributed by atoms with van der Waals surface area (Å²) in [5.74, 6) is 2.05. The van der Waals surface area contributed by atoms with E-state index in [2.05, 4.69) is 48.6 Å². The highest BCUT2D eigenvalue weighted by Gasteiger charge is 2.41. The van der Waals surface area contributed by atoms with Crippen molar-refractivity contribution in [1.82, 2.24) is 5.32 Å². The van der Waals surface area contributed by atoms with Crippen LogP contribution in [0, 0.1) is 6.92 Å². The van der Waals surface area contributed by atoms with Crippen LogP contribution in [-0.2, 0) is 20.7 Å². The molecule has 1 amide bonds. The van der Waals surface area contributed by atoms with E-state index in [-0.39, 0.29) is 5.91 Å². The van der Waals surface area contributed by atoms with Gasteiger partial charge in [0.2, 0.25) is 5.91 Å². The Labute approximate surface area is 160 Å². The summed E-state index contributed by atoms with van der Waals surface area (Å²) in [6.07, 6.45) is 1.50. The molecule has 2 aromatic rings. The summed E-state index contributed by atoms with van der Waals surface area (Å²) in [7, 11) is 0. The van der Waals surface area contributed by atoms with Gasteiger partial charge in [-0.1, -0.05) is 54.6 Å². The lowest BCUT2D eigenvalue weighted by molar-refractivity contribution is -0.130. The number of aryl methyl sites for hydroxylation is 1. The lowest BCUT2D eigenvalue weighted by Gasteiger charge is -2.36. The Morgan fingerprint density at radius 2 is 1.77 bits per heavy atom. The molecule has 0 atom stereocenters. The van der Waals surface area contributed by atoms with Crippen LogP contribution in [0.25, 0.3) is 0 Å². The van der Waals surface area contributed by atoms with E-state index in [4.69, 9.17) is 4.74 Å². The Balaban J connectivity index is 1.53. The van der Waals surface area contributed by atoms with E-state index in [0.717, 1.165) is 29.9 Å². The molecule has 0 spiro atoms. The molecule has 1 heterocycles. The number of carbonyl (C=O) groups is 1. The summed E-state index contributed by atoms with van der Waals surface area (Å²) in [6.45, 7) is 4.13. The first-order valence-corrected chi connectivity index (χ1v) is 10.4. The summed E-state index contributed by atoms with van der Waals surface area (Å²) in [6, 6.07) is 18.6. The van der Waals surface area contributed by atoms with Crippen molar-refractivity contribution in [1.29, 1.82) is 0 Å². The molecule has 3 nitrogen and oxygen atoms in total. The Morgan fingerprint density at radius 3 is 2.50 bits per heavy atom. The van der Waals surface area contributed by atoms with Crippen molar-refractivity contribution in [3.8, 4) is 0 Å². The minimum absolute atomic E-state index is 0.142. The van der Waals surface area contributed by atoms with E-state index in [9.17, 15) is 4.79 Å². The van der Waals surface area contributed by atoms with Gasteiger partial charge in [-0.2, -0.15) is 11.8 Å². The predicted molar refractivity (Wildman–Crippen MR) is 109 cm³/mol. The smallest absolute Gasteiger partial charge is 0.230 e. The van der Waals surface area contributed by atoms with Crippen molar-refractivity contribution in [3.05, 3.63) is 71.3 Å². The van der Waals surface area contributed by atoms with Gasteiger partial charge in [-0.3, -0.25) is 4.79 Å². The van der Waals surface area contributed by atoms with Crippen molar-refractivity contribution < 1.29 is 9.53 Å². The lowest BCUT2D eigenvalue weighted by atomic mass is 9.73. The number of hydrogen-bond donors (Lipinski definition) is 1. The standard InChI is InChI=1S/C22H27NO2S/c1-18-7-5-6-8-19(18)17-26-16-13-23-21(24)22(11-14-25-15-12-22)20-9-3-2-4-10-20/h2-10H,11-17H2,1H3,(H,23,24). The summed E-state index contributed by atoms with van der Waals surface area (Å²) in [4.78, 5) is 13.0. The molecular formula is C22H27NO2S. The maximum Gasteiger partial charge on any atom is 0.230 e. The monoisotopic (exact) mass is 369 g/mol. The fourth-order valence-electron chi connectivity index (χ4n) is 3.48. The van der Waals surface area contributed by atoms with Crippen LogP contribution in [0.1, 0.15) is 29.5 Å². The summed E-state index contributed by atoms with van der Waals surface area (Å²) < 4.78 is 5.52. The topological polar surface area (TPSA) is 38.3 Å². The normalized spacial score (nSPS) is 16.2. The van der Waals surface area contributed by atoms with Gasteiger partial charge < -0.3 is 10.1 Å². The zero-order chi connectivity index (χ0) is 18.2. The van der Waals surface area contributed by atoms with E-state index < -0.39 is 5.41 Å². The first kappa shape index (κ1) is 19.0. The zero-order valence-corrected chi connectivity index (χ0v) is 16.2. The Kier molecular flexibility index (Phi) is 6.75. The van der Waals surface area contributed by atoms with Gasteiger partial charge in [0.1, 0.15) is 0 Å². The van der Waals surface area contributed by atoms with Gasteiger partial charge in [0.25, 0.3) is 0 Å². The molecule has 1 N–H and O–H groups in total. The number of nitrogens with one attached hydrogen (secondary N) is 1. The highest BCUT2D eigenvalue weighted by atomic mass is 32.2. The van der Waals surface area contributed by atoms with E-state index in [0.29, 0.717) is 19.8 Å². The fraction of sp³-hybridized carbons (Fsp3) is 0.409. The molecule has 0 aliphatic carbocycles. The summed E-state index contributed by atoms with van der Waals surface area (Å²) in [5.41, 5.74) is 3.36. The fourth-order valence-corrected chi connectivity index (χ4v) is 4.42. The quantitative estimate of drug-likeness (QED) is 0.747. The van der Waals surface area contributed by atoms with Crippen molar-refractivity contribution in [3.63, 3.8) is 0 Å². The minimum Gasteiger partial charge on any atom is -0.381 e. The predicted octanol–water partition coefficient (Wildman–Crippen LogP) is 4.09. The van der Waals surface area contributed by atoms with Crippen LogP contribution in [0.4, 0.5) is 0 Å². The third-order valence-corrected chi connectivity index (χ3v) is 6.17. The first-order chi connectivity index (χ1) is 12.7. The molecule has 1 aliphatic rings. The van der Waals surface area contributed by atoms with E-state index >= 15 is 0 Å². The van der Waals surface area contributed by atoms with Crippen molar-refractivity contribution in [2.75, 3.05) is 25.5 Å². The summed E-state index contributed by atoms with van der Waals surface area (Å²) in [5, 5.41) is 3.18. The van der Waals surface area contributed by atoms with Crippen molar-refractivity contribution in [2.45, 2.75) is 30.9 Å². The molecule has 3 rings (SSSR count). The second kappa shape index (κ2) is 9.24. The first-order valence-electron chi connectivity index (χ1n) is 9.26. The van der Waals surface area contributed by atoms with Gasteiger partial charge >= 0.3 is 0 Å². The van der Waals surface area contributed by atoms with Crippen LogP contribution in [0.2, 0.25) is 0 Å². The Bertz CT molecular complexity index is 711. The van der Waals surface area contributed by atoms with Crippen molar-refractivity contribution in [2.24, 2.45) is 0 Å². The van der Waals surface area contributed by atoms with Crippen LogP contribution < -0.4 is 5.32 Å². The zero-order valence-electron chi connectivity index (χ0n) is 15.4. The molecule has 0 aromatic heterocycles. The number of ether oxygens (including phenoxy) is 1. The second-order valence-electron chi connectivity index (χ2n) is 6.80. The number of rotatable bonds is 7. The molecule has 0 bridgehead atoms. The van der Waals surface area contributed by atoms with Crippen LogP contribution in [-0.4, -0.2) is 31.4 Å². The van der Waals surface area contributed by atoms with Gasteiger partial charge in [-0.15, -0.1) is 0 Å². The van der Waals surface area contributed by atoms with Gasteiger partial charge in [-0.25, -0.2) is 0 Å². The maximum atomic E-state index is 13.0. The molecule has 0 saturated carbocycles. The van der Waals surface area contributed by atoms with Gasteiger partial charge in [0, 0.05) is 31.3 Å². The highest BCUT2D eigenvalue weighted by Crippen LogP contribution is 2.35. The van der Waals surface area contributed by atoms with E-state index in [1.807, 2.05) is 30.0 Å². The van der Waals surface area contributed by atoms with Gasteiger partial charge in [0.15, 0.2) is 0 Å². The second-order valence-corrected chi connectivity index (χ2v) is 7.90. The average molecular weight is 370 g/mol.